The van der Waals surface area contributed by atoms with Crippen LogP contribution in [0.5, 0.6) is 5.75 Å². The zero-order valence-corrected chi connectivity index (χ0v) is 11.6. The van der Waals surface area contributed by atoms with E-state index < -0.39 is 0 Å². The number of fused-ring (bicyclic) bond motifs is 1. The van der Waals surface area contributed by atoms with E-state index in [1.165, 1.54) is 15.6 Å². The van der Waals surface area contributed by atoms with Crippen LogP contribution >= 0.6 is 15.9 Å². The van der Waals surface area contributed by atoms with Crippen LogP contribution in [0.2, 0.25) is 0 Å². The maximum Gasteiger partial charge on any atom is 0.123 e. The number of ether oxygens (including phenoxy) is 1. The normalized spacial score (nSPS) is 23.2. The first kappa shape index (κ1) is 11.9. The van der Waals surface area contributed by atoms with Gasteiger partial charge in [-0.15, -0.1) is 0 Å². The molecule has 0 amide bonds. The Morgan fingerprint density at radius 1 is 1.50 bits per heavy atom. The van der Waals surface area contributed by atoms with Crippen LogP contribution in [-0.4, -0.2) is 13.7 Å². The Labute approximate surface area is 106 Å². The van der Waals surface area contributed by atoms with Crippen molar-refractivity contribution >= 4 is 15.9 Å². The summed E-state index contributed by atoms with van der Waals surface area (Å²) < 4.78 is 6.68. The first-order valence-corrected chi connectivity index (χ1v) is 6.57. The topological polar surface area (TPSA) is 21.3 Å². The molecule has 2 unspecified atom stereocenters. The van der Waals surface area contributed by atoms with Crippen molar-refractivity contribution in [3.05, 3.63) is 27.7 Å². The van der Waals surface area contributed by atoms with Gasteiger partial charge in [-0.05, 0) is 36.6 Å². The van der Waals surface area contributed by atoms with E-state index in [1.807, 2.05) is 6.07 Å². The Kier molecular flexibility index (Phi) is 3.55. The number of rotatable bonds is 3. The van der Waals surface area contributed by atoms with Gasteiger partial charge in [-0.25, -0.2) is 0 Å². The SMILES string of the molecule is CCNC1c2c(OC)ccc(Br)c2CC1C. The molecule has 88 valence electrons. The van der Waals surface area contributed by atoms with E-state index >= 15 is 0 Å². The number of hydrogen-bond acceptors (Lipinski definition) is 2. The quantitative estimate of drug-likeness (QED) is 0.919. The lowest BCUT2D eigenvalue weighted by Crippen LogP contribution is -2.23. The van der Waals surface area contributed by atoms with Crippen LogP contribution in [0.1, 0.15) is 31.0 Å². The van der Waals surface area contributed by atoms with E-state index in [4.69, 9.17) is 4.74 Å². The van der Waals surface area contributed by atoms with Crippen LogP contribution in [0.4, 0.5) is 0 Å². The minimum Gasteiger partial charge on any atom is -0.496 e. The molecule has 16 heavy (non-hydrogen) atoms. The van der Waals surface area contributed by atoms with Gasteiger partial charge in [-0.2, -0.15) is 0 Å². The second kappa shape index (κ2) is 4.76. The minimum atomic E-state index is 0.424. The van der Waals surface area contributed by atoms with Gasteiger partial charge in [0.25, 0.3) is 0 Å². The highest BCUT2D eigenvalue weighted by Gasteiger charge is 2.32. The van der Waals surface area contributed by atoms with Gasteiger partial charge in [0.1, 0.15) is 5.75 Å². The third kappa shape index (κ3) is 1.87. The summed E-state index contributed by atoms with van der Waals surface area (Å²) in [7, 11) is 1.75. The Morgan fingerprint density at radius 2 is 2.25 bits per heavy atom. The van der Waals surface area contributed by atoms with Crippen molar-refractivity contribution in [1.29, 1.82) is 0 Å². The number of benzene rings is 1. The largest absolute Gasteiger partial charge is 0.496 e. The molecular formula is C13H18BrNO. The second-order valence-electron chi connectivity index (χ2n) is 4.36. The maximum atomic E-state index is 5.48. The molecule has 0 saturated heterocycles. The van der Waals surface area contributed by atoms with E-state index in [1.54, 1.807) is 7.11 Å². The number of halogens is 1. The van der Waals surface area contributed by atoms with Gasteiger partial charge in [0, 0.05) is 16.1 Å². The van der Waals surface area contributed by atoms with Crippen LogP contribution < -0.4 is 10.1 Å². The molecule has 1 N–H and O–H groups in total. The molecule has 0 fully saturated rings. The van der Waals surface area contributed by atoms with Crippen molar-refractivity contribution < 1.29 is 4.74 Å². The summed E-state index contributed by atoms with van der Waals surface area (Å²) >= 11 is 3.63. The highest BCUT2D eigenvalue weighted by molar-refractivity contribution is 9.10. The Morgan fingerprint density at radius 3 is 2.88 bits per heavy atom. The number of hydrogen-bond donors (Lipinski definition) is 1. The summed E-state index contributed by atoms with van der Waals surface area (Å²) in [6.45, 7) is 5.43. The van der Waals surface area contributed by atoms with Gasteiger partial charge >= 0.3 is 0 Å². The molecule has 0 radical (unpaired) electrons. The van der Waals surface area contributed by atoms with Crippen molar-refractivity contribution in [3.8, 4) is 5.75 Å². The lowest BCUT2D eigenvalue weighted by Gasteiger charge is -2.19. The fraction of sp³-hybridized carbons (Fsp3) is 0.538. The molecule has 2 nitrogen and oxygen atoms in total. The Hall–Kier alpha value is -0.540. The lowest BCUT2D eigenvalue weighted by molar-refractivity contribution is 0.383. The molecule has 0 aliphatic heterocycles. The monoisotopic (exact) mass is 283 g/mol. The summed E-state index contributed by atoms with van der Waals surface area (Å²) in [5, 5.41) is 3.55. The highest BCUT2D eigenvalue weighted by Crippen LogP contribution is 2.44. The fourth-order valence-electron chi connectivity index (χ4n) is 2.59. The second-order valence-corrected chi connectivity index (χ2v) is 5.21. The molecule has 0 heterocycles. The highest BCUT2D eigenvalue weighted by atomic mass is 79.9. The predicted molar refractivity (Wildman–Crippen MR) is 70.0 cm³/mol. The van der Waals surface area contributed by atoms with Crippen molar-refractivity contribution in [1.82, 2.24) is 5.32 Å². The number of nitrogens with one attached hydrogen (secondary N) is 1. The fourth-order valence-corrected chi connectivity index (χ4v) is 3.10. The van der Waals surface area contributed by atoms with E-state index in [-0.39, 0.29) is 0 Å². The molecule has 1 aliphatic carbocycles. The molecule has 0 bridgehead atoms. The van der Waals surface area contributed by atoms with Crippen molar-refractivity contribution in [2.45, 2.75) is 26.3 Å². The summed E-state index contributed by atoms with van der Waals surface area (Å²) in [5.74, 6) is 1.64. The third-order valence-corrected chi connectivity index (χ3v) is 4.05. The van der Waals surface area contributed by atoms with Crippen molar-refractivity contribution in [3.63, 3.8) is 0 Å². The van der Waals surface area contributed by atoms with Crippen LogP contribution in [0.15, 0.2) is 16.6 Å². The summed E-state index contributed by atoms with van der Waals surface area (Å²) in [4.78, 5) is 0. The molecule has 1 aromatic carbocycles. The smallest absolute Gasteiger partial charge is 0.123 e. The molecule has 2 rings (SSSR count). The van der Waals surface area contributed by atoms with Crippen LogP contribution in [0.3, 0.4) is 0 Å². The molecule has 1 aliphatic rings. The Balaban J connectivity index is 2.48. The third-order valence-electron chi connectivity index (χ3n) is 3.31. The van der Waals surface area contributed by atoms with Gasteiger partial charge in [0.2, 0.25) is 0 Å². The average molecular weight is 284 g/mol. The molecule has 2 atom stereocenters. The summed E-state index contributed by atoms with van der Waals surface area (Å²) in [6, 6.07) is 4.55. The molecule has 0 spiro atoms. The zero-order valence-electron chi connectivity index (χ0n) is 10.0. The molecule has 3 heteroatoms. The van der Waals surface area contributed by atoms with E-state index in [0.29, 0.717) is 12.0 Å². The molecular weight excluding hydrogens is 266 g/mol. The van der Waals surface area contributed by atoms with E-state index in [9.17, 15) is 0 Å². The lowest BCUT2D eigenvalue weighted by atomic mass is 10.0. The predicted octanol–water partition coefficient (Wildman–Crippen LogP) is 3.30. The molecule has 0 saturated carbocycles. The van der Waals surface area contributed by atoms with Gasteiger partial charge in [0.15, 0.2) is 0 Å². The standard InChI is InChI=1S/C13H18BrNO/c1-4-15-13-8(2)7-9-10(14)5-6-11(16-3)12(9)13/h5-6,8,13,15H,4,7H2,1-3H3. The zero-order chi connectivity index (χ0) is 11.7. The van der Waals surface area contributed by atoms with E-state index in [2.05, 4.69) is 41.2 Å². The van der Waals surface area contributed by atoms with Crippen LogP contribution in [0, 0.1) is 5.92 Å². The summed E-state index contributed by atoms with van der Waals surface area (Å²) in [6.07, 6.45) is 1.12. The minimum absolute atomic E-state index is 0.424. The van der Waals surface area contributed by atoms with Gasteiger partial charge in [-0.1, -0.05) is 29.8 Å². The van der Waals surface area contributed by atoms with Crippen molar-refractivity contribution in [2.24, 2.45) is 5.92 Å². The van der Waals surface area contributed by atoms with Gasteiger partial charge in [-0.3, -0.25) is 0 Å². The molecule has 1 aromatic rings. The van der Waals surface area contributed by atoms with Crippen LogP contribution in [0.25, 0.3) is 0 Å². The first-order valence-electron chi connectivity index (χ1n) is 5.77. The van der Waals surface area contributed by atoms with E-state index in [0.717, 1.165) is 18.7 Å². The molecule has 0 aromatic heterocycles. The van der Waals surface area contributed by atoms with Crippen LogP contribution in [-0.2, 0) is 6.42 Å². The summed E-state index contributed by atoms with van der Waals surface area (Å²) in [5.41, 5.74) is 2.74. The first-order chi connectivity index (χ1) is 7.69. The Bertz CT molecular complexity index is 392. The van der Waals surface area contributed by atoms with Crippen molar-refractivity contribution in [2.75, 3.05) is 13.7 Å². The average Bonchev–Trinajstić information content (AvgIpc) is 2.59. The maximum absolute atomic E-state index is 5.48. The number of methoxy groups -OCH3 is 1. The van der Waals surface area contributed by atoms with Gasteiger partial charge in [0.05, 0.1) is 7.11 Å². The van der Waals surface area contributed by atoms with Gasteiger partial charge < -0.3 is 10.1 Å².